The van der Waals surface area contributed by atoms with E-state index in [0.717, 1.165) is 25.5 Å². The number of benzene rings is 3. The number of amides is 2. The van der Waals surface area contributed by atoms with Crippen LogP contribution in [-0.2, 0) is 26.2 Å². The van der Waals surface area contributed by atoms with Gasteiger partial charge in [-0.2, -0.15) is 0 Å². The Bertz CT molecular complexity index is 1340. The van der Waals surface area contributed by atoms with Crippen LogP contribution in [0.3, 0.4) is 0 Å². The van der Waals surface area contributed by atoms with E-state index in [-0.39, 0.29) is 17.3 Å². The van der Waals surface area contributed by atoms with Gasteiger partial charge in [0.1, 0.15) is 12.6 Å². The minimum absolute atomic E-state index is 0.0808. The Balaban J connectivity index is 2.05. The molecule has 0 aliphatic heterocycles. The zero-order valence-corrected chi connectivity index (χ0v) is 23.8. The predicted octanol–water partition coefficient (Wildman–Crippen LogP) is 4.81. The Hall–Kier alpha value is -3.17. The average Bonchev–Trinajstić information content (AvgIpc) is 2.85. The van der Waals surface area contributed by atoms with Crippen molar-refractivity contribution in [3.05, 3.63) is 94.0 Å². The lowest BCUT2D eigenvalue weighted by Gasteiger charge is -2.32. The third kappa shape index (κ3) is 7.20. The summed E-state index contributed by atoms with van der Waals surface area (Å²) in [5, 5.41) is 2.76. The molecule has 3 aromatic rings. The van der Waals surface area contributed by atoms with Gasteiger partial charge in [-0.15, -0.1) is 0 Å². The van der Waals surface area contributed by atoms with Gasteiger partial charge in [0, 0.05) is 17.6 Å². The number of sulfonamides is 1. The minimum atomic E-state index is -4.07. The molecule has 0 heterocycles. The highest BCUT2D eigenvalue weighted by atomic mass is 79.9. The van der Waals surface area contributed by atoms with Crippen LogP contribution in [0.5, 0.6) is 0 Å². The third-order valence-corrected chi connectivity index (χ3v) is 8.15. The Morgan fingerprint density at radius 2 is 1.59 bits per heavy atom. The maximum Gasteiger partial charge on any atom is 0.264 e. The summed E-state index contributed by atoms with van der Waals surface area (Å²) in [5.74, 6) is -0.799. The number of carbonyl (C=O) groups is 2. The maximum absolute atomic E-state index is 13.8. The van der Waals surface area contributed by atoms with Crippen molar-refractivity contribution in [2.75, 3.05) is 17.4 Å². The van der Waals surface area contributed by atoms with Crippen molar-refractivity contribution in [3.63, 3.8) is 0 Å². The van der Waals surface area contributed by atoms with E-state index in [4.69, 9.17) is 0 Å². The van der Waals surface area contributed by atoms with Crippen LogP contribution in [0.1, 0.15) is 30.5 Å². The van der Waals surface area contributed by atoms with Gasteiger partial charge in [0.15, 0.2) is 0 Å². The molecule has 1 atom stereocenters. The number of halogens is 1. The second-order valence-corrected chi connectivity index (χ2v) is 11.7. The standard InChI is InChI=1S/C28H32BrN3O4S/c1-5-30-28(34)22(4)31(18-23-10-9-11-24(29)17-23)27(33)19-32(25-15-20(2)14-21(3)16-25)37(35,36)26-12-7-6-8-13-26/h6-17,22H,5,18-19H2,1-4H3,(H,30,34). The van der Waals surface area contributed by atoms with Crippen molar-refractivity contribution < 1.29 is 18.0 Å². The molecule has 0 aliphatic carbocycles. The molecule has 0 saturated carbocycles. The number of likely N-dealkylation sites (N-methyl/N-ethyl adjacent to an activating group) is 1. The van der Waals surface area contributed by atoms with Gasteiger partial charge in [-0.1, -0.05) is 52.3 Å². The van der Waals surface area contributed by atoms with Crippen molar-refractivity contribution in [2.45, 2.75) is 45.2 Å². The molecule has 0 radical (unpaired) electrons. The van der Waals surface area contributed by atoms with Crippen LogP contribution < -0.4 is 9.62 Å². The fourth-order valence-corrected chi connectivity index (χ4v) is 5.95. The molecule has 1 N–H and O–H groups in total. The van der Waals surface area contributed by atoms with Crippen molar-refractivity contribution in [1.82, 2.24) is 10.2 Å². The van der Waals surface area contributed by atoms with Crippen LogP contribution in [0.25, 0.3) is 0 Å². The first-order valence-corrected chi connectivity index (χ1v) is 14.2. The number of hydrogen-bond acceptors (Lipinski definition) is 4. The van der Waals surface area contributed by atoms with Crippen LogP contribution in [0.15, 0.2) is 82.2 Å². The number of carbonyl (C=O) groups excluding carboxylic acids is 2. The summed E-state index contributed by atoms with van der Waals surface area (Å²) in [6.07, 6.45) is 0. The van der Waals surface area contributed by atoms with Gasteiger partial charge in [0.25, 0.3) is 10.0 Å². The van der Waals surface area contributed by atoms with E-state index < -0.39 is 28.5 Å². The number of aryl methyl sites for hydroxylation is 2. The quantitative estimate of drug-likeness (QED) is 0.370. The third-order valence-electron chi connectivity index (χ3n) is 5.86. The number of rotatable bonds is 10. The van der Waals surface area contributed by atoms with E-state index >= 15 is 0 Å². The van der Waals surface area contributed by atoms with Crippen LogP contribution in [0, 0.1) is 13.8 Å². The summed E-state index contributed by atoms with van der Waals surface area (Å²) in [7, 11) is -4.07. The fraction of sp³-hybridized carbons (Fsp3) is 0.286. The molecule has 2 amide bonds. The number of anilines is 1. The molecule has 9 heteroatoms. The molecule has 1 unspecified atom stereocenters. The van der Waals surface area contributed by atoms with Gasteiger partial charge in [0.2, 0.25) is 11.8 Å². The van der Waals surface area contributed by atoms with E-state index in [9.17, 15) is 18.0 Å². The lowest BCUT2D eigenvalue weighted by atomic mass is 10.1. The maximum atomic E-state index is 13.8. The van der Waals surface area contributed by atoms with Crippen molar-refractivity contribution in [2.24, 2.45) is 0 Å². The Kier molecular flexibility index (Phi) is 9.50. The topological polar surface area (TPSA) is 86.8 Å². The monoisotopic (exact) mass is 585 g/mol. The van der Waals surface area contributed by atoms with Gasteiger partial charge in [0.05, 0.1) is 10.6 Å². The molecule has 7 nitrogen and oxygen atoms in total. The Morgan fingerprint density at radius 3 is 2.19 bits per heavy atom. The van der Waals surface area contributed by atoms with Gasteiger partial charge in [-0.25, -0.2) is 8.42 Å². The van der Waals surface area contributed by atoms with Crippen molar-refractivity contribution in [3.8, 4) is 0 Å². The van der Waals surface area contributed by atoms with Gasteiger partial charge in [-0.05, 0) is 80.8 Å². The molecule has 0 fully saturated rings. The fourth-order valence-electron chi connectivity index (χ4n) is 4.08. The van der Waals surface area contributed by atoms with Crippen molar-refractivity contribution in [1.29, 1.82) is 0 Å². The van der Waals surface area contributed by atoms with Crippen LogP contribution in [0.4, 0.5) is 5.69 Å². The van der Waals surface area contributed by atoms with Gasteiger partial charge >= 0.3 is 0 Å². The van der Waals surface area contributed by atoms with Crippen LogP contribution >= 0.6 is 15.9 Å². The SMILES string of the molecule is CCNC(=O)C(C)N(Cc1cccc(Br)c1)C(=O)CN(c1cc(C)cc(C)c1)S(=O)(=O)c1ccccc1. The summed E-state index contributed by atoms with van der Waals surface area (Å²) in [4.78, 5) is 28.1. The summed E-state index contributed by atoms with van der Waals surface area (Å²) in [6.45, 7) is 7.30. The summed E-state index contributed by atoms with van der Waals surface area (Å²) >= 11 is 3.45. The first-order chi connectivity index (χ1) is 17.5. The first-order valence-electron chi connectivity index (χ1n) is 12.0. The largest absolute Gasteiger partial charge is 0.355 e. The lowest BCUT2D eigenvalue weighted by molar-refractivity contribution is -0.139. The number of nitrogens with zero attached hydrogens (tertiary/aromatic N) is 2. The first kappa shape index (κ1) is 28.4. The highest BCUT2D eigenvalue weighted by Gasteiger charge is 2.32. The zero-order chi connectivity index (χ0) is 27.2. The highest BCUT2D eigenvalue weighted by molar-refractivity contribution is 9.10. The molecule has 196 valence electrons. The molecular weight excluding hydrogens is 554 g/mol. The molecule has 3 aromatic carbocycles. The lowest BCUT2D eigenvalue weighted by Crippen LogP contribution is -2.51. The van der Waals surface area contributed by atoms with E-state index in [1.54, 1.807) is 44.2 Å². The Labute approximate surface area is 227 Å². The smallest absolute Gasteiger partial charge is 0.264 e. The van der Waals surface area contributed by atoms with E-state index in [1.807, 2.05) is 44.2 Å². The number of nitrogens with one attached hydrogen (secondary N) is 1. The number of hydrogen-bond donors (Lipinski definition) is 1. The second kappa shape index (κ2) is 12.4. The molecule has 0 aromatic heterocycles. The zero-order valence-electron chi connectivity index (χ0n) is 21.4. The van der Waals surface area contributed by atoms with Crippen LogP contribution in [0.2, 0.25) is 0 Å². The summed E-state index contributed by atoms with van der Waals surface area (Å²) in [6, 6.07) is 20.1. The van der Waals surface area contributed by atoms with E-state index in [1.165, 1.54) is 17.0 Å². The molecule has 0 saturated heterocycles. The van der Waals surface area contributed by atoms with Gasteiger partial charge in [-0.3, -0.25) is 13.9 Å². The van der Waals surface area contributed by atoms with Crippen molar-refractivity contribution >= 4 is 43.5 Å². The predicted molar refractivity (Wildman–Crippen MR) is 150 cm³/mol. The summed E-state index contributed by atoms with van der Waals surface area (Å²) in [5.41, 5.74) is 2.94. The normalized spacial score (nSPS) is 12.0. The molecule has 0 bridgehead atoms. The molecule has 0 aliphatic rings. The van der Waals surface area contributed by atoms with E-state index in [0.29, 0.717) is 12.2 Å². The molecule has 37 heavy (non-hydrogen) atoms. The minimum Gasteiger partial charge on any atom is -0.355 e. The highest BCUT2D eigenvalue weighted by Crippen LogP contribution is 2.26. The molecular formula is C28H32BrN3O4S. The Morgan fingerprint density at radius 1 is 0.946 bits per heavy atom. The molecule has 3 rings (SSSR count). The van der Waals surface area contributed by atoms with E-state index in [2.05, 4.69) is 21.2 Å². The second-order valence-electron chi connectivity index (χ2n) is 8.89. The summed E-state index contributed by atoms with van der Waals surface area (Å²) < 4.78 is 29.6. The van der Waals surface area contributed by atoms with Gasteiger partial charge < -0.3 is 10.2 Å². The average molecular weight is 587 g/mol. The van der Waals surface area contributed by atoms with Crippen LogP contribution in [-0.4, -0.2) is 44.3 Å². The molecule has 0 spiro atoms.